The van der Waals surface area contributed by atoms with Crippen LogP contribution < -0.4 is 0 Å². The van der Waals surface area contributed by atoms with E-state index in [1.807, 2.05) is 0 Å². The van der Waals surface area contributed by atoms with E-state index in [0.29, 0.717) is 6.16 Å². The molecule has 0 radical (unpaired) electrons. The Balaban J connectivity index is 2.81. The summed E-state index contributed by atoms with van der Waals surface area (Å²) in [5.41, 5.74) is 0. The second-order valence-electron chi connectivity index (χ2n) is 0.703. The Bertz CT molecular complexity index is 46.8. The SMILES string of the molecule is O=PCC(Br)Br. The highest BCUT2D eigenvalue weighted by atomic mass is 79.9. The van der Waals surface area contributed by atoms with Gasteiger partial charge in [0.05, 0.1) is 9.90 Å². The average Bonchev–Trinajstić information content (AvgIpc) is 1.35. The van der Waals surface area contributed by atoms with Crippen LogP contribution in [0.2, 0.25) is 0 Å². The fraction of sp³-hybridized carbons (Fsp3) is 1.00. The highest BCUT2D eigenvalue weighted by molar-refractivity contribution is 9.24. The quantitative estimate of drug-likeness (QED) is 0.529. The molecule has 0 saturated carbocycles. The molecule has 36 valence electrons. The van der Waals surface area contributed by atoms with Crippen molar-refractivity contribution in [1.29, 1.82) is 0 Å². The van der Waals surface area contributed by atoms with E-state index in [-0.39, 0.29) is 12.2 Å². The lowest BCUT2D eigenvalue weighted by atomic mass is 11.0. The first-order chi connectivity index (χ1) is 2.77. The molecule has 0 unspecified atom stereocenters. The number of hydrogen-bond donors (Lipinski definition) is 0. The van der Waals surface area contributed by atoms with Crippen molar-refractivity contribution in [3.8, 4) is 0 Å². The third-order valence-corrected chi connectivity index (χ3v) is 2.38. The Morgan fingerprint density at radius 1 is 1.67 bits per heavy atom. The third kappa shape index (κ3) is 5.06. The zero-order chi connectivity index (χ0) is 4.99. The summed E-state index contributed by atoms with van der Waals surface area (Å²) in [5, 5.41) is 0. The zero-order valence-corrected chi connectivity index (χ0v) is 6.96. The molecule has 0 amide bonds. The van der Waals surface area contributed by atoms with E-state index >= 15 is 0 Å². The van der Waals surface area contributed by atoms with Crippen molar-refractivity contribution in [3.63, 3.8) is 0 Å². The van der Waals surface area contributed by atoms with Gasteiger partial charge in [0.1, 0.15) is 0 Å². The summed E-state index contributed by atoms with van der Waals surface area (Å²) < 4.78 is 9.85. The lowest BCUT2D eigenvalue weighted by Crippen LogP contribution is -1.81. The van der Waals surface area contributed by atoms with E-state index in [0.717, 1.165) is 0 Å². The van der Waals surface area contributed by atoms with E-state index in [4.69, 9.17) is 0 Å². The van der Waals surface area contributed by atoms with Gasteiger partial charge in [-0.3, -0.25) is 4.57 Å². The molecule has 0 aliphatic rings. The highest BCUT2D eigenvalue weighted by Gasteiger charge is 1.92. The molecule has 0 fully saturated rings. The van der Waals surface area contributed by atoms with Crippen LogP contribution in [0.1, 0.15) is 0 Å². The van der Waals surface area contributed by atoms with Crippen LogP contribution in [0.3, 0.4) is 0 Å². The minimum Gasteiger partial charge on any atom is -0.275 e. The van der Waals surface area contributed by atoms with Gasteiger partial charge < -0.3 is 0 Å². The number of hydrogen-bond acceptors (Lipinski definition) is 1. The maximum atomic E-state index is 9.65. The summed E-state index contributed by atoms with van der Waals surface area (Å²) >= 11 is 6.29. The van der Waals surface area contributed by atoms with Crippen molar-refractivity contribution in [2.24, 2.45) is 0 Å². The molecule has 0 aliphatic carbocycles. The van der Waals surface area contributed by atoms with Crippen LogP contribution in [0, 0.1) is 0 Å². The first kappa shape index (κ1) is 7.06. The predicted molar refractivity (Wildman–Crippen MR) is 34.1 cm³/mol. The topological polar surface area (TPSA) is 17.1 Å². The summed E-state index contributed by atoms with van der Waals surface area (Å²) in [7, 11) is 0.180. The molecule has 0 aliphatic heterocycles. The molecule has 0 bridgehead atoms. The van der Waals surface area contributed by atoms with Crippen LogP contribution in [-0.4, -0.2) is 9.90 Å². The van der Waals surface area contributed by atoms with Gasteiger partial charge in [0.15, 0.2) is 8.46 Å². The van der Waals surface area contributed by atoms with Crippen molar-refractivity contribution in [1.82, 2.24) is 0 Å². The highest BCUT2D eigenvalue weighted by Crippen LogP contribution is 2.12. The van der Waals surface area contributed by atoms with Gasteiger partial charge in [0, 0.05) is 0 Å². The first-order valence-electron chi connectivity index (χ1n) is 1.34. The number of rotatable bonds is 2. The van der Waals surface area contributed by atoms with Crippen LogP contribution >= 0.6 is 40.3 Å². The fourth-order valence-electron chi connectivity index (χ4n) is 0.0563. The fourth-order valence-corrected chi connectivity index (χ4v) is 0.878. The third-order valence-electron chi connectivity index (χ3n) is 0.213. The molecular weight excluding hydrogens is 231 g/mol. The zero-order valence-electron chi connectivity index (χ0n) is 2.90. The molecule has 0 N–H and O–H groups in total. The first-order valence-corrected chi connectivity index (χ1v) is 4.17. The monoisotopic (exact) mass is 232 g/mol. The largest absolute Gasteiger partial charge is 0.275 e. The second kappa shape index (κ2) is 4.23. The number of halogens is 2. The predicted octanol–water partition coefficient (Wildman–Crippen LogP) is 2.39. The number of alkyl halides is 2. The van der Waals surface area contributed by atoms with Crippen molar-refractivity contribution in [2.75, 3.05) is 6.16 Å². The van der Waals surface area contributed by atoms with Crippen molar-refractivity contribution >= 4 is 40.3 Å². The van der Waals surface area contributed by atoms with E-state index in [2.05, 4.69) is 31.9 Å². The maximum Gasteiger partial charge on any atom is 0.157 e. The Morgan fingerprint density at radius 3 is 2.17 bits per heavy atom. The summed E-state index contributed by atoms with van der Waals surface area (Å²) in [5.74, 6) is 0. The molecule has 1 nitrogen and oxygen atoms in total. The van der Waals surface area contributed by atoms with Gasteiger partial charge in [-0.1, -0.05) is 31.9 Å². The molecule has 0 aromatic carbocycles. The van der Waals surface area contributed by atoms with Crippen molar-refractivity contribution in [3.05, 3.63) is 0 Å². The molecule has 0 saturated heterocycles. The minimum atomic E-state index is 0.180. The average molecular weight is 234 g/mol. The second-order valence-corrected chi connectivity index (χ2v) is 4.77. The van der Waals surface area contributed by atoms with Crippen LogP contribution in [0.5, 0.6) is 0 Å². The van der Waals surface area contributed by atoms with Crippen LogP contribution in [0.15, 0.2) is 0 Å². The molecule has 0 atom stereocenters. The maximum absolute atomic E-state index is 9.65. The molecular formula is C2H3Br2OP. The summed E-state index contributed by atoms with van der Waals surface area (Å²) in [6.07, 6.45) is 0.625. The van der Waals surface area contributed by atoms with Gasteiger partial charge in [0.2, 0.25) is 0 Å². The van der Waals surface area contributed by atoms with Crippen molar-refractivity contribution < 1.29 is 4.57 Å². The summed E-state index contributed by atoms with van der Waals surface area (Å²) in [6.45, 7) is 0. The van der Waals surface area contributed by atoms with Crippen molar-refractivity contribution in [2.45, 2.75) is 3.74 Å². The smallest absolute Gasteiger partial charge is 0.157 e. The van der Waals surface area contributed by atoms with Gasteiger partial charge in [0.25, 0.3) is 0 Å². The molecule has 0 spiro atoms. The van der Waals surface area contributed by atoms with E-state index in [9.17, 15) is 4.57 Å². The summed E-state index contributed by atoms with van der Waals surface area (Å²) in [4.78, 5) is 0. The minimum absolute atomic E-state index is 0.180. The van der Waals surface area contributed by atoms with Gasteiger partial charge in [-0.25, -0.2) is 0 Å². The molecule has 4 heteroatoms. The lowest BCUT2D eigenvalue weighted by Gasteiger charge is -1.83. The van der Waals surface area contributed by atoms with Gasteiger partial charge in [-0.2, -0.15) is 0 Å². The Morgan fingerprint density at radius 2 is 2.17 bits per heavy atom. The Kier molecular flexibility index (Phi) is 4.97. The standard InChI is InChI=1S/C2H3Br2OP/c3-2(4)1-6-5/h2H,1H2. The van der Waals surface area contributed by atoms with E-state index in [1.54, 1.807) is 0 Å². The normalized spacial score (nSPS) is 10.5. The van der Waals surface area contributed by atoms with E-state index in [1.165, 1.54) is 0 Å². The Labute approximate surface area is 55.0 Å². The lowest BCUT2D eigenvalue weighted by molar-refractivity contribution is 0.599. The Hall–Kier alpha value is 1.06. The summed E-state index contributed by atoms with van der Waals surface area (Å²) in [6, 6.07) is 0. The molecule has 0 aromatic rings. The van der Waals surface area contributed by atoms with Gasteiger partial charge in [-0.05, 0) is 0 Å². The molecule has 6 heavy (non-hydrogen) atoms. The van der Waals surface area contributed by atoms with Crippen LogP contribution in [0.25, 0.3) is 0 Å². The van der Waals surface area contributed by atoms with Crippen LogP contribution in [0.4, 0.5) is 0 Å². The van der Waals surface area contributed by atoms with Crippen LogP contribution in [-0.2, 0) is 4.57 Å². The van der Waals surface area contributed by atoms with E-state index < -0.39 is 0 Å². The molecule has 0 rings (SSSR count). The van der Waals surface area contributed by atoms with Gasteiger partial charge >= 0.3 is 0 Å². The molecule has 0 aromatic heterocycles. The molecule has 0 heterocycles. The van der Waals surface area contributed by atoms with Gasteiger partial charge in [-0.15, -0.1) is 0 Å².